The minimum absolute atomic E-state index is 0.0325. The first-order chi connectivity index (χ1) is 13.0. The lowest BCUT2D eigenvalue weighted by atomic mass is 9.94. The predicted molar refractivity (Wildman–Crippen MR) is 103 cm³/mol. The summed E-state index contributed by atoms with van der Waals surface area (Å²) < 4.78 is 0. The molecule has 1 saturated heterocycles. The molecule has 140 valence electrons. The van der Waals surface area contributed by atoms with E-state index in [0.29, 0.717) is 23.0 Å². The van der Waals surface area contributed by atoms with Gasteiger partial charge in [-0.3, -0.25) is 9.69 Å². The fourth-order valence-electron chi connectivity index (χ4n) is 3.46. The Morgan fingerprint density at radius 1 is 1.30 bits per heavy atom. The maximum Gasteiger partial charge on any atom is 0.170 e. The van der Waals surface area contributed by atoms with Crippen LogP contribution >= 0.6 is 0 Å². The van der Waals surface area contributed by atoms with Crippen LogP contribution in [0.4, 0.5) is 0 Å². The van der Waals surface area contributed by atoms with E-state index in [1.807, 2.05) is 19.1 Å². The van der Waals surface area contributed by atoms with E-state index in [1.54, 1.807) is 19.3 Å². The highest BCUT2D eigenvalue weighted by atomic mass is 16.1. The summed E-state index contributed by atoms with van der Waals surface area (Å²) >= 11 is 0. The van der Waals surface area contributed by atoms with Gasteiger partial charge in [0.1, 0.15) is 5.82 Å². The van der Waals surface area contributed by atoms with Gasteiger partial charge in [0.2, 0.25) is 0 Å². The molecule has 0 bridgehead atoms. The molecule has 1 N–H and O–H groups in total. The van der Waals surface area contributed by atoms with E-state index >= 15 is 0 Å². The minimum atomic E-state index is -0.0325. The Kier molecular flexibility index (Phi) is 5.94. The Balaban J connectivity index is 1.83. The Morgan fingerprint density at radius 2 is 2.00 bits per heavy atom. The van der Waals surface area contributed by atoms with Crippen molar-refractivity contribution in [2.24, 2.45) is 0 Å². The van der Waals surface area contributed by atoms with Crippen molar-refractivity contribution in [3.8, 4) is 6.07 Å². The number of aryl methyl sites for hydroxylation is 1. The van der Waals surface area contributed by atoms with Crippen LogP contribution in [0, 0.1) is 25.2 Å². The summed E-state index contributed by atoms with van der Waals surface area (Å²) in [5, 5.41) is 12.9. The van der Waals surface area contributed by atoms with E-state index < -0.39 is 0 Å². The average molecular weight is 363 g/mol. The van der Waals surface area contributed by atoms with Gasteiger partial charge in [-0.2, -0.15) is 5.26 Å². The number of hydrogen-bond acceptors (Lipinski definition) is 6. The molecule has 3 rings (SSSR count). The lowest BCUT2D eigenvalue weighted by Gasteiger charge is -2.32. The fourth-order valence-corrected chi connectivity index (χ4v) is 3.46. The van der Waals surface area contributed by atoms with Crippen LogP contribution in [0.2, 0.25) is 0 Å². The topological polar surface area (TPSA) is 81.9 Å². The van der Waals surface area contributed by atoms with Gasteiger partial charge in [-0.25, -0.2) is 9.97 Å². The van der Waals surface area contributed by atoms with Gasteiger partial charge in [0.05, 0.1) is 17.2 Å². The van der Waals surface area contributed by atoms with E-state index in [-0.39, 0.29) is 12.2 Å². The fraction of sp³-hybridized carbons (Fsp3) is 0.429. The largest absolute Gasteiger partial charge is 0.312 e. The van der Waals surface area contributed by atoms with Crippen LogP contribution in [0.3, 0.4) is 0 Å². The molecular weight excluding hydrogens is 338 g/mol. The Bertz CT molecular complexity index is 869. The number of nitrogens with one attached hydrogen (secondary N) is 1. The molecule has 1 aromatic carbocycles. The van der Waals surface area contributed by atoms with Crippen molar-refractivity contribution in [1.82, 2.24) is 20.2 Å². The number of aromatic nitrogens is 2. The number of carbonyl (C=O) groups is 1. The lowest BCUT2D eigenvalue weighted by Crippen LogP contribution is -2.48. The molecule has 0 saturated carbocycles. The first-order valence-corrected chi connectivity index (χ1v) is 9.26. The number of nitrogens with zero attached hydrogens (tertiary/aromatic N) is 4. The standard InChI is InChI=1S/C21H25N5O/c1-14-12-26(5-4-23-14)13-19-7-17(9-22)6-18(15(19)2)8-21(27)20-10-24-16(3)25-11-20/h6-7,10-11,14,23H,4-5,8,12-13H2,1-3H3/t14-/m0/s1. The van der Waals surface area contributed by atoms with E-state index in [0.717, 1.165) is 42.9 Å². The molecule has 27 heavy (non-hydrogen) atoms. The molecule has 2 heterocycles. The molecule has 1 atom stereocenters. The highest BCUT2D eigenvalue weighted by Crippen LogP contribution is 2.21. The summed E-state index contributed by atoms with van der Waals surface area (Å²) in [6.07, 6.45) is 3.38. The third kappa shape index (κ3) is 4.76. The smallest absolute Gasteiger partial charge is 0.170 e. The molecule has 0 amide bonds. The van der Waals surface area contributed by atoms with Crippen molar-refractivity contribution >= 4 is 5.78 Å². The molecule has 6 nitrogen and oxygen atoms in total. The highest BCUT2D eigenvalue weighted by Gasteiger charge is 2.18. The van der Waals surface area contributed by atoms with Gasteiger partial charge in [-0.05, 0) is 49.6 Å². The number of carbonyl (C=O) groups excluding carboxylic acids is 1. The van der Waals surface area contributed by atoms with Gasteiger partial charge >= 0.3 is 0 Å². The molecule has 1 aliphatic heterocycles. The summed E-state index contributed by atoms with van der Waals surface area (Å²) in [4.78, 5) is 23.2. The number of benzene rings is 1. The zero-order chi connectivity index (χ0) is 19.4. The maximum atomic E-state index is 12.6. The van der Waals surface area contributed by atoms with Gasteiger partial charge in [0.15, 0.2) is 5.78 Å². The third-order valence-corrected chi connectivity index (χ3v) is 5.05. The van der Waals surface area contributed by atoms with Gasteiger partial charge in [0, 0.05) is 51.0 Å². The zero-order valence-corrected chi connectivity index (χ0v) is 16.1. The molecule has 0 radical (unpaired) electrons. The van der Waals surface area contributed by atoms with Crippen LogP contribution in [0.1, 0.15) is 45.4 Å². The van der Waals surface area contributed by atoms with Crippen LogP contribution in [-0.4, -0.2) is 46.3 Å². The number of piperazine rings is 1. The van der Waals surface area contributed by atoms with Crippen molar-refractivity contribution < 1.29 is 4.79 Å². The number of ketones is 1. The number of Topliss-reactive ketones (excluding diaryl/α,β-unsaturated/α-hetero) is 1. The zero-order valence-electron chi connectivity index (χ0n) is 16.1. The summed E-state index contributed by atoms with van der Waals surface area (Å²) in [7, 11) is 0. The molecule has 1 fully saturated rings. The van der Waals surface area contributed by atoms with Crippen LogP contribution in [0.25, 0.3) is 0 Å². The predicted octanol–water partition coefficient (Wildman–Crippen LogP) is 2.18. The maximum absolute atomic E-state index is 12.6. The van der Waals surface area contributed by atoms with Crippen LogP contribution in [0.15, 0.2) is 24.5 Å². The van der Waals surface area contributed by atoms with Crippen molar-refractivity contribution in [3.63, 3.8) is 0 Å². The third-order valence-electron chi connectivity index (χ3n) is 5.05. The van der Waals surface area contributed by atoms with E-state index in [4.69, 9.17) is 0 Å². The molecule has 2 aromatic rings. The molecule has 0 unspecified atom stereocenters. The lowest BCUT2D eigenvalue weighted by molar-refractivity contribution is 0.0992. The van der Waals surface area contributed by atoms with Crippen molar-refractivity contribution in [3.05, 3.63) is 58.2 Å². The molecule has 0 spiro atoms. The first kappa shape index (κ1) is 19.2. The van der Waals surface area contributed by atoms with Crippen LogP contribution in [-0.2, 0) is 13.0 Å². The SMILES string of the molecule is Cc1ncc(C(=O)Cc2cc(C#N)cc(CN3CCN[C@@H](C)C3)c2C)cn1. The summed E-state index contributed by atoms with van der Waals surface area (Å²) in [5.41, 5.74) is 4.20. The van der Waals surface area contributed by atoms with Crippen molar-refractivity contribution in [1.29, 1.82) is 5.26 Å². The van der Waals surface area contributed by atoms with E-state index in [1.165, 1.54) is 0 Å². The Morgan fingerprint density at radius 3 is 2.67 bits per heavy atom. The van der Waals surface area contributed by atoms with Gasteiger partial charge in [0.25, 0.3) is 0 Å². The molecule has 6 heteroatoms. The van der Waals surface area contributed by atoms with Crippen molar-refractivity contribution in [2.45, 2.75) is 39.8 Å². The first-order valence-electron chi connectivity index (χ1n) is 9.26. The highest BCUT2D eigenvalue weighted by molar-refractivity contribution is 5.97. The summed E-state index contributed by atoms with van der Waals surface area (Å²) in [6.45, 7) is 9.73. The van der Waals surface area contributed by atoms with Crippen LogP contribution < -0.4 is 5.32 Å². The monoisotopic (exact) mass is 363 g/mol. The quantitative estimate of drug-likeness (QED) is 0.820. The molecule has 1 aliphatic rings. The molecular formula is C21H25N5O. The second kappa shape index (κ2) is 8.38. The molecule has 0 aliphatic carbocycles. The number of hydrogen-bond donors (Lipinski definition) is 1. The summed E-state index contributed by atoms with van der Waals surface area (Å²) in [5.74, 6) is 0.608. The van der Waals surface area contributed by atoms with Crippen molar-refractivity contribution in [2.75, 3.05) is 19.6 Å². The Labute approximate surface area is 160 Å². The Hall–Kier alpha value is -2.62. The van der Waals surface area contributed by atoms with Crippen LogP contribution in [0.5, 0.6) is 0 Å². The average Bonchev–Trinajstić information content (AvgIpc) is 2.65. The van der Waals surface area contributed by atoms with Gasteiger partial charge in [-0.15, -0.1) is 0 Å². The second-order valence-electron chi connectivity index (χ2n) is 7.24. The molecule has 1 aromatic heterocycles. The summed E-state index contributed by atoms with van der Waals surface area (Å²) in [6, 6.07) is 6.47. The second-order valence-corrected chi connectivity index (χ2v) is 7.24. The van der Waals surface area contributed by atoms with Gasteiger partial charge < -0.3 is 5.32 Å². The number of rotatable bonds is 5. The minimum Gasteiger partial charge on any atom is -0.312 e. The van der Waals surface area contributed by atoms with E-state index in [2.05, 4.69) is 33.2 Å². The van der Waals surface area contributed by atoms with E-state index in [9.17, 15) is 10.1 Å². The van der Waals surface area contributed by atoms with Gasteiger partial charge in [-0.1, -0.05) is 0 Å². The normalized spacial score (nSPS) is 17.5. The number of nitriles is 1.